The van der Waals surface area contributed by atoms with Gasteiger partial charge in [-0.25, -0.2) is 0 Å². The van der Waals surface area contributed by atoms with E-state index in [4.69, 9.17) is 0 Å². The lowest BCUT2D eigenvalue weighted by atomic mass is 10.1. The Morgan fingerprint density at radius 1 is 1.11 bits per heavy atom. The molecule has 98 valence electrons. The van der Waals surface area contributed by atoms with Crippen LogP contribution in [0.15, 0.2) is 53.0 Å². The third-order valence-corrected chi connectivity index (χ3v) is 3.59. The number of hydrogen-bond acceptors (Lipinski definition) is 1. The fraction of sp³-hybridized carbons (Fsp3) is 0.188. The Morgan fingerprint density at radius 3 is 2.32 bits per heavy atom. The van der Waals surface area contributed by atoms with E-state index in [-0.39, 0.29) is 5.91 Å². The van der Waals surface area contributed by atoms with Gasteiger partial charge in [0.1, 0.15) is 0 Å². The highest BCUT2D eigenvalue weighted by Gasteiger charge is 2.17. The first kappa shape index (κ1) is 13.8. The van der Waals surface area contributed by atoms with E-state index in [1.165, 1.54) is 0 Å². The zero-order chi connectivity index (χ0) is 13.8. The Hall–Kier alpha value is -1.61. The topological polar surface area (TPSA) is 20.3 Å². The van der Waals surface area contributed by atoms with Gasteiger partial charge in [0.05, 0.1) is 0 Å². The summed E-state index contributed by atoms with van der Waals surface area (Å²) in [5.74, 6) is 0.0318. The van der Waals surface area contributed by atoms with Crippen molar-refractivity contribution in [3.05, 3.63) is 64.1 Å². The first-order chi connectivity index (χ1) is 9.13. The number of rotatable bonds is 3. The minimum absolute atomic E-state index is 0.0318. The first-order valence-electron chi connectivity index (χ1n) is 6.26. The van der Waals surface area contributed by atoms with Crippen LogP contribution in [0.1, 0.15) is 22.8 Å². The van der Waals surface area contributed by atoms with Crippen LogP contribution < -0.4 is 4.90 Å². The summed E-state index contributed by atoms with van der Waals surface area (Å²) in [6.45, 7) is 4.66. The van der Waals surface area contributed by atoms with Gasteiger partial charge in [0.25, 0.3) is 5.91 Å². The zero-order valence-electron chi connectivity index (χ0n) is 11.1. The van der Waals surface area contributed by atoms with Crippen LogP contribution in [-0.2, 0) is 0 Å². The molecule has 2 nitrogen and oxygen atoms in total. The van der Waals surface area contributed by atoms with E-state index < -0.39 is 0 Å². The maximum Gasteiger partial charge on any atom is 0.258 e. The molecular formula is C16H16BrNO. The normalized spacial score (nSPS) is 10.3. The molecule has 0 saturated heterocycles. The fourth-order valence-corrected chi connectivity index (χ4v) is 2.30. The first-order valence-corrected chi connectivity index (χ1v) is 7.06. The highest BCUT2D eigenvalue weighted by atomic mass is 79.9. The molecule has 0 fully saturated rings. The van der Waals surface area contributed by atoms with Gasteiger partial charge in [0.2, 0.25) is 0 Å². The van der Waals surface area contributed by atoms with Crippen LogP contribution in [0.5, 0.6) is 0 Å². The van der Waals surface area contributed by atoms with Crippen molar-refractivity contribution in [2.75, 3.05) is 11.4 Å². The van der Waals surface area contributed by atoms with Crippen molar-refractivity contribution in [1.29, 1.82) is 0 Å². The molecule has 0 radical (unpaired) electrons. The number of nitrogens with zero attached hydrogens (tertiary/aromatic N) is 1. The largest absolute Gasteiger partial charge is 0.308 e. The lowest BCUT2D eigenvalue weighted by molar-refractivity contribution is 0.0988. The molecule has 0 saturated carbocycles. The Labute approximate surface area is 122 Å². The minimum atomic E-state index is 0.0318. The molecule has 1 amide bonds. The quantitative estimate of drug-likeness (QED) is 0.820. The predicted molar refractivity (Wildman–Crippen MR) is 82.7 cm³/mol. The van der Waals surface area contributed by atoms with E-state index >= 15 is 0 Å². The Kier molecular flexibility index (Phi) is 4.38. The van der Waals surface area contributed by atoms with Crippen molar-refractivity contribution in [3.63, 3.8) is 0 Å². The number of anilines is 1. The lowest BCUT2D eigenvalue weighted by Crippen LogP contribution is -2.31. The second-order valence-corrected chi connectivity index (χ2v) is 5.26. The molecule has 0 aliphatic heterocycles. The van der Waals surface area contributed by atoms with Crippen molar-refractivity contribution in [2.24, 2.45) is 0 Å². The van der Waals surface area contributed by atoms with Crippen molar-refractivity contribution >= 4 is 27.5 Å². The summed E-state index contributed by atoms with van der Waals surface area (Å²) in [6, 6.07) is 15.4. The van der Waals surface area contributed by atoms with Gasteiger partial charge in [-0.15, -0.1) is 0 Å². The van der Waals surface area contributed by atoms with Crippen LogP contribution in [0.4, 0.5) is 5.69 Å². The fourth-order valence-electron chi connectivity index (χ4n) is 2.04. The second-order valence-electron chi connectivity index (χ2n) is 4.34. The third-order valence-electron chi connectivity index (χ3n) is 3.06. The summed E-state index contributed by atoms with van der Waals surface area (Å²) >= 11 is 3.38. The van der Waals surface area contributed by atoms with E-state index in [0.29, 0.717) is 12.1 Å². The molecule has 2 rings (SSSR count). The summed E-state index contributed by atoms with van der Waals surface area (Å²) < 4.78 is 0.975. The molecule has 0 aromatic heterocycles. The molecule has 0 aliphatic rings. The number of hydrogen-bond donors (Lipinski definition) is 0. The SMILES string of the molecule is CCN(C(=O)c1ccc(Br)cc1)c1ccccc1C. The summed E-state index contributed by atoms with van der Waals surface area (Å²) in [5, 5.41) is 0. The summed E-state index contributed by atoms with van der Waals surface area (Å²) in [6.07, 6.45) is 0. The standard InChI is InChI=1S/C16H16BrNO/c1-3-18(15-7-5-4-6-12(15)2)16(19)13-8-10-14(17)11-9-13/h4-11H,3H2,1-2H3. The van der Waals surface area contributed by atoms with E-state index in [1.807, 2.05) is 62.4 Å². The minimum Gasteiger partial charge on any atom is -0.308 e. The van der Waals surface area contributed by atoms with E-state index in [9.17, 15) is 4.79 Å². The molecule has 0 spiro atoms. The van der Waals surface area contributed by atoms with Crippen LogP contribution in [0.3, 0.4) is 0 Å². The lowest BCUT2D eigenvalue weighted by Gasteiger charge is -2.23. The Balaban J connectivity index is 2.35. The van der Waals surface area contributed by atoms with Gasteiger partial charge in [0, 0.05) is 22.3 Å². The van der Waals surface area contributed by atoms with Crippen molar-refractivity contribution in [2.45, 2.75) is 13.8 Å². The van der Waals surface area contributed by atoms with Crippen molar-refractivity contribution in [1.82, 2.24) is 0 Å². The van der Waals surface area contributed by atoms with Crippen LogP contribution in [0, 0.1) is 6.92 Å². The molecule has 0 heterocycles. The molecular weight excluding hydrogens is 302 g/mol. The van der Waals surface area contributed by atoms with Gasteiger partial charge in [0.15, 0.2) is 0 Å². The van der Waals surface area contributed by atoms with E-state index in [1.54, 1.807) is 4.90 Å². The number of benzene rings is 2. The molecule has 3 heteroatoms. The Bertz CT molecular complexity index is 578. The highest BCUT2D eigenvalue weighted by Crippen LogP contribution is 2.22. The maximum atomic E-state index is 12.6. The number of carbonyl (C=O) groups is 1. The molecule has 2 aromatic rings. The molecule has 0 unspecified atom stereocenters. The van der Waals surface area contributed by atoms with Gasteiger partial charge in [-0.1, -0.05) is 34.1 Å². The maximum absolute atomic E-state index is 12.6. The van der Waals surface area contributed by atoms with Gasteiger partial charge in [-0.2, -0.15) is 0 Å². The van der Waals surface area contributed by atoms with Gasteiger partial charge >= 0.3 is 0 Å². The molecule has 0 atom stereocenters. The number of para-hydroxylation sites is 1. The smallest absolute Gasteiger partial charge is 0.258 e. The predicted octanol–water partition coefficient (Wildman–Crippen LogP) is 4.42. The van der Waals surface area contributed by atoms with Gasteiger partial charge in [-0.3, -0.25) is 4.79 Å². The van der Waals surface area contributed by atoms with Crippen LogP contribution in [0.2, 0.25) is 0 Å². The molecule has 0 bridgehead atoms. The summed E-state index contributed by atoms with van der Waals surface area (Å²) in [4.78, 5) is 14.4. The zero-order valence-corrected chi connectivity index (χ0v) is 12.6. The second kappa shape index (κ2) is 6.02. The molecule has 2 aromatic carbocycles. The van der Waals surface area contributed by atoms with Crippen LogP contribution in [-0.4, -0.2) is 12.5 Å². The van der Waals surface area contributed by atoms with Gasteiger partial charge < -0.3 is 4.90 Å². The molecule has 0 aliphatic carbocycles. The number of halogens is 1. The van der Waals surface area contributed by atoms with E-state index in [2.05, 4.69) is 15.9 Å². The summed E-state index contributed by atoms with van der Waals surface area (Å²) in [7, 11) is 0. The van der Waals surface area contributed by atoms with Crippen LogP contribution >= 0.6 is 15.9 Å². The van der Waals surface area contributed by atoms with Gasteiger partial charge in [-0.05, 0) is 49.7 Å². The monoisotopic (exact) mass is 317 g/mol. The Morgan fingerprint density at radius 2 is 1.74 bits per heavy atom. The van der Waals surface area contributed by atoms with E-state index in [0.717, 1.165) is 15.7 Å². The van der Waals surface area contributed by atoms with Crippen LogP contribution in [0.25, 0.3) is 0 Å². The molecule has 19 heavy (non-hydrogen) atoms. The average molecular weight is 318 g/mol. The molecule has 0 N–H and O–H groups in total. The summed E-state index contributed by atoms with van der Waals surface area (Å²) in [5.41, 5.74) is 2.78. The van der Waals surface area contributed by atoms with Crippen molar-refractivity contribution in [3.8, 4) is 0 Å². The number of aryl methyl sites for hydroxylation is 1. The highest BCUT2D eigenvalue weighted by molar-refractivity contribution is 9.10. The number of carbonyl (C=O) groups excluding carboxylic acids is 1. The average Bonchev–Trinajstić information content (AvgIpc) is 2.42. The third kappa shape index (κ3) is 3.04. The number of amides is 1. The van der Waals surface area contributed by atoms with Crippen molar-refractivity contribution < 1.29 is 4.79 Å².